The first-order valence-electron chi connectivity index (χ1n) is 9.39. The Kier molecular flexibility index (Phi) is 5.60. The third-order valence-corrected chi connectivity index (χ3v) is 5.11. The molecular weight excluding hydrogens is 325 g/mol. The van der Waals surface area contributed by atoms with Gasteiger partial charge in [0.2, 0.25) is 0 Å². The average molecular weight is 353 g/mol. The van der Waals surface area contributed by atoms with Gasteiger partial charge in [-0.05, 0) is 55.9 Å². The fourth-order valence-electron chi connectivity index (χ4n) is 3.41. The van der Waals surface area contributed by atoms with Crippen molar-refractivity contribution in [3.05, 3.63) is 59.3 Å². The molecule has 0 spiro atoms. The molecule has 0 saturated carbocycles. The molecule has 138 valence electrons. The predicted molar refractivity (Wildman–Crippen MR) is 107 cm³/mol. The summed E-state index contributed by atoms with van der Waals surface area (Å²) < 4.78 is 15.4. The average Bonchev–Trinajstić information content (AvgIpc) is 2.86. The third kappa shape index (κ3) is 3.90. The highest BCUT2D eigenvalue weighted by molar-refractivity contribution is 5.95. The van der Waals surface area contributed by atoms with Crippen molar-refractivity contribution in [2.24, 2.45) is 5.92 Å². The zero-order valence-corrected chi connectivity index (χ0v) is 16.1. The zero-order chi connectivity index (χ0) is 18.7. The molecule has 4 heteroatoms. The summed E-state index contributed by atoms with van der Waals surface area (Å²) in [4.78, 5) is 4.46. The molecule has 2 aromatic heterocycles. The molecule has 3 rings (SSSR count). The normalized spacial score (nSPS) is 11.5. The number of nitrogens with zero attached hydrogens (tertiary/aromatic N) is 2. The first-order chi connectivity index (χ1) is 12.5. The van der Waals surface area contributed by atoms with Gasteiger partial charge in [0.05, 0.1) is 23.6 Å². The van der Waals surface area contributed by atoms with Crippen molar-refractivity contribution in [3.63, 3.8) is 0 Å². The number of rotatable bonds is 7. The van der Waals surface area contributed by atoms with E-state index in [0.29, 0.717) is 5.92 Å². The minimum atomic E-state index is -0.190. The Morgan fingerprint density at radius 2 is 1.85 bits per heavy atom. The summed E-state index contributed by atoms with van der Waals surface area (Å²) in [5, 5.41) is 4.79. The molecule has 0 aliphatic rings. The smallest absolute Gasteiger partial charge is 0.123 e. The number of benzene rings is 1. The maximum atomic E-state index is 13.0. The Morgan fingerprint density at radius 1 is 1.12 bits per heavy atom. The number of aryl methyl sites for hydroxylation is 2. The van der Waals surface area contributed by atoms with Gasteiger partial charge in [-0.1, -0.05) is 26.0 Å². The van der Waals surface area contributed by atoms with Crippen LogP contribution in [0.5, 0.6) is 0 Å². The van der Waals surface area contributed by atoms with Crippen molar-refractivity contribution in [3.8, 4) is 0 Å². The third-order valence-electron chi connectivity index (χ3n) is 5.11. The number of hydrogen-bond donors (Lipinski definition) is 1. The van der Waals surface area contributed by atoms with Crippen LogP contribution in [0.3, 0.4) is 0 Å². The predicted octanol–water partition coefficient (Wildman–Crippen LogP) is 5.49. The SMILES string of the molecule is Cc1c(C)n(CCC(C)C)c2cncc(NCCc3ccc(F)cc3)c12. The van der Waals surface area contributed by atoms with Gasteiger partial charge in [-0.2, -0.15) is 0 Å². The Morgan fingerprint density at radius 3 is 2.54 bits per heavy atom. The van der Waals surface area contributed by atoms with Crippen molar-refractivity contribution in [2.75, 3.05) is 11.9 Å². The molecule has 0 atom stereocenters. The van der Waals surface area contributed by atoms with Gasteiger partial charge in [0.25, 0.3) is 0 Å². The van der Waals surface area contributed by atoms with Crippen molar-refractivity contribution in [1.29, 1.82) is 0 Å². The van der Waals surface area contributed by atoms with Gasteiger partial charge >= 0.3 is 0 Å². The molecule has 0 bridgehead atoms. The molecule has 0 saturated heterocycles. The van der Waals surface area contributed by atoms with Gasteiger partial charge in [0.1, 0.15) is 5.82 Å². The van der Waals surface area contributed by atoms with Gasteiger partial charge in [0, 0.05) is 24.2 Å². The number of pyridine rings is 1. The maximum absolute atomic E-state index is 13.0. The largest absolute Gasteiger partial charge is 0.383 e. The van der Waals surface area contributed by atoms with E-state index in [-0.39, 0.29) is 5.82 Å². The molecular formula is C22H28FN3. The van der Waals surface area contributed by atoms with Gasteiger partial charge < -0.3 is 9.88 Å². The fraction of sp³-hybridized carbons (Fsp3) is 0.409. The van der Waals surface area contributed by atoms with Crippen LogP contribution in [0.1, 0.15) is 37.1 Å². The van der Waals surface area contributed by atoms with E-state index in [2.05, 4.69) is 42.6 Å². The summed E-state index contributed by atoms with van der Waals surface area (Å²) in [5.74, 6) is 0.488. The van der Waals surface area contributed by atoms with Gasteiger partial charge in [-0.15, -0.1) is 0 Å². The van der Waals surface area contributed by atoms with Crippen molar-refractivity contribution < 1.29 is 4.39 Å². The maximum Gasteiger partial charge on any atom is 0.123 e. The minimum Gasteiger partial charge on any atom is -0.383 e. The molecule has 0 aliphatic carbocycles. The van der Waals surface area contributed by atoms with Gasteiger partial charge in [0.15, 0.2) is 0 Å². The Balaban J connectivity index is 1.80. The summed E-state index contributed by atoms with van der Waals surface area (Å²) >= 11 is 0. The highest BCUT2D eigenvalue weighted by Crippen LogP contribution is 2.31. The highest BCUT2D eigenvalue weighted by Gasteiger charge is 2.14. The quantitative estimate of drug-likeness (QED) is 0.608. The first-order valence-corrected chi connectivity index (χ1v) is 9.39. The standard InChI is InChI=1S/C22H28FN3/c1-15(2)10-12-26-17(4)16(3)22-20(13-24-14-21(22)26)25-11-9-18-5-7-19(23)8-6-18/h5-8,13-15,25H,9-12H2,1-4H3. The van der Waals surface area contributed by atoms with Crippen LogP contribution in [-0.2, 0) is 13.0 Å². The van der Waals surface area contributed by atoms with Crippen molar-refractivity contribution >= 4 is 16.6 Å². The lowest BCUT2D eigenvalue weighted by Crippen LogP contribution is -2.06. The summed E-state index contributed by atoms with van der Waals surface area (Å²) in [6.07, 6.45) is 5.89. The second-order valence-corrected chi connectivity index (χ2v) is 7.43. The fourth-order valence-corrected chi connectivity index (χ4v) is 3.41. The Bertz CT molecular complexity index is 879. The summed E-state index contributed by atoms with van der Waals surface area (Å²) in [5.41, 5.74) is 6.04. The van der Waals surface area contributed by atoms with Crippen LogP contribution in [-0.4, -0.2) is 16.1 Å². The van der Waals surface area contributed by atoms with Crippen LogP contribution in [0.4, 0.5) is 10.1 Å². The number of hydrogen-bond acceptors (Lipinski definition) is 2. The van der Waals surface area contributed by atoms with Crippen LogP contribution in [0.15, 0.2) is 36.7 Å². The van der Waals surface area contributed by atoms with Crippen LogP contribution in [0.25, 0.3) is 10.9 Å². The number of fused-ring (bicyclic) bond motifs is 1. The second-order valence-electron chi connectivity index (χ2n) is 7.43. The van der Waals surface area contributed by atoms with E-state index >= 15 is 0 Å². The molecule has 3 nitrogen and oxygen atoms in total. The molecule has 0 fully saturated rings. The van der Waals surface area contributed by atoms with E-state index in [1.807, 2.05) is 24.5 Å². The number of nitrogens with one attached hydrogen (secondary N) is 1. The molecule has 0 amide bonds. The first kappa shape index (κ1) is 18.4. The molecule has 0 radical (unpaired) electrons. The monoisotopic (exact) mass is 353 g/mol. The van der Waals surface area contributed by atoms with Crippen molar-refractivity contribution in [1.82, 2.24) is 9.55 Å². The summed E-state index contributed by atoms with van der Waals surface area (Å²) in [6.45, 7) is 10.7. The van der Waals surface area contributed by atoms with Gasteiger partial charge in [-0.25, -0.2) is 4.39 Å². The molecule has 3 aromatic rings. The molecule has 26 heavy (non-hydrogen) atoms. The molecule has 0 aliphatic heterocycles. The molecule has 2 heterocycles. The summed E-state index contributed by atoms with van der Waals surface area (Å²) in [7, 11) is 0. The number of halogens is 1. The zero-order valence-electron chi connectivity index (χ0n) is 16.1. The van der Waals surface area contributed by atoms with E-state index in [1.54, 1.807) is 0 Å². The number of aromatic nitrogens is 2. The minimum absolute atomic E-state index is 0.190. The lowest BCUT2D eigenvalue weighted by atomic mass is 10.1. The van der Waals surface area contributed by atoms with Crippen molar-refractivity contribution in [2.45, 2.75) is 47.1 Å². The van der Waals surface area contributed by atoms with E-state index in [0.717, 1.165) is 37.2 Å². The second kappa shape index (κ2) is 7.90. The number of anilines is 1. The topological polar surface area (TPSA) is 29.9 Å². The lowest BCUT2D eigenvalue weighted by Gasteiger charge is -2.11. The van der Waals surface area contributed by atoms with Crippen LogP contribution in [0.2, 0.25) is 0 Å². The Hall–Kier alpha value is -2.36. The molecule has 1 N–H and O–H groups in total. The van der Waals surface area contributed by atoms with E-state index in [9.17, 15) is 4.39 Å². The van der Waals surface area contributed by atoms with Crippen LogP contribution < -0.4 is 5.32 Å². The Labute approximate surface area is 155 Å². The van der Waals surface area contributed by atoms with Gasteiger partial charge in [-0.3, -0.25) is 4.98 Å². The highest BCUT2D eigenvalue weighted by atomic mass is 19.1. The van der Waals surface area contributed by atoms with E-state index in [1.165, 1.54) is 34.3 Å². The van der Waals surface area contributed by atoms with E-state index in [4.69, 9.17) is 0 Å². The molecule has 0 unspecified atom stereocenters. The lowest BCUT2D eigenvalue weighted by molar-refractivity contribution is 0.519. The summed E-state index contributed by atoms with van der Waals surface area (Å²) in [6, 6.07) is 6.71. The van der Waals surface area contributed by atoms with E-state index < -0.39 is 0 Å². The van der Waals surface area contributed by atoms with Crippen LogP contribution in [0, 0.1) is 25.6 Å². The molecule has 1 aromatic carbocycles. The van der Waals surface area contributed by atoms with Crippen LogP contribution >= 0.6 is 0 Å².